The van der Waals surface area contributed by atoms with Crippen molar-refractivity contribution in [2.45, 2.75) is 32.4 Å². The van der Waals surface area contributed by atoms with Crippen LogP contribution in [0.15, 0.2) is 23.2 Å². The highest BCUT2D eigenvalue weighted by Gasteiger charge is 2.15. The van der Waals surface area contributed by atoms with Gasteiger partial charge in [0.15, 0.2) is 5.96 Å². The zero-order valence-corrected chi connectivity index (χ0v) is 14.9. The SMILES string of the molecule is CCNC(=NCc1cc(F)ccc1F)NCC1CCCO1.I. The monoisotopic (exact) mass is 425 g/mol. The average Bonchev–Trinajstić information content (AvgIpc) is 2.98. The molecule has 1 aromatic rings. The van der Waals surface area contributed by atoms with E-state index in [0.717, 1.165) is 31.6 Å². The second kappa shape index (κ2) is 9.94. The number of rotatable bonds is 5. The molecule has 1 aliphatic heterocycles. The van der Waals surface area contributed by atoms with Gasteiger partial charge in [-0.05, 0) is 38.0 Å². The van der Waals surface area contributed by atoms with E-state index >= 15 is 0 Å². The number of nitrogens with one attached hydrogen (secondary N) is 2. The summed E-state index contributed by atoms with van der Waals surface area (Å²) in [6.45, 7) is 4.20. The topological polar surface area (TPSA) is 45.7 Å². The molecule has 1 heterocycles. The Kier molecular flexibility index (Phi) is 8.62. The summed E-state index contributed by atoms with van der Waals surface area (Å²) in [5.74, 6) is -0.328. The Bertz CT molecular complexity index is 494. The molecule has 1 aliphatic rings. The molecule has 0 spiro atoms. The van der Waals surface area contributed by atoms with Gasteiger partial charge in [0.25, 0.3) is 0 Å². The fraction of sp³-hybridized carbons (Fsp3) is 0.533. The molecule has 2 rings (SSSR count). The summed E-state index contributed by atoms with van der Waals surface area (Å²) >= 11 is 0. The zero-order valence-electron chi connectivity index (χ0n) is 12.6. The first-order valence-electron chi connectivity index (χ1n) is 7.26. The number of ether oxygens (including phenoxy) is 1. The van der Waals surface area contributed by atoms with E-state index in [0.29, 0.717) is 19.0 Å². The van der Waals surface area contributed by atoms with Gasteiger partial charge in [0.05, 0.1) is 12.6 Å². The average molecular weight is 425 g/mol. The van der Waals surface area contributed by atoms with Crippen molar-refractivity contribution in [2.75, 3.05) is 19.7 Å². The molecule has 1 atom stereocenters. The van der Waals surface area contributed by atoms with E-state index in [2.05, 4.69) is 15.6 Å². The Morgan fingerprint density at radius 2 is 2.18 bits per heavy atom. The molecule has 0 bridgehead atoms. The first-order chi connectivity index (χ1) is 10.2. The van der Waals surface area contributed by atoms with Crippen LogP contribution in [0.25, 0.3) is 0 Å². The van der Waals surface area contributed by atoms with E-state index in [1.807, 2.05) is 6.92 Å². The molecular weight excluding hydrogens is 403 g/mol. The van der Waals surface area contributed by atoms with Gasteiger partial charge in [0.1, 0.15) is 11.6 Å². The lowest BCUT2D eigenvalue weighted by atomic mass is 10.2. The van der Waals surface area contributed by atoms with Crippen LogP contribution in [0.1, 0.15) is 25.3 Å². The summed E-state index contributed by atoms with van der Waals surface area (Å²) in [4.78, 5) is 4.28. The van der Waals surface area contributed by atoms with Crippen molar-refractivity contribution in [3.05, 3.63) is 35.4 Å². The Morgan fingerprint density at radius 3 is 2.86 bits per heavy atom. The third-order valence-corrected chi connectivity index (χ3v) is 3.28. The number of halogens is 3. The quantitative estimate of drug-likeness (QED) is 0.434. The molecule has 1 aromatic carbocycles. The fourth-order valence-electron chi connectivity index (χ4n) is 2.19. The molecule has 7 heteroatoms. The second-order valence-corrected chi connectivity index (χ2v) is 4.95. The Hall–Kier alpha value is -0.960. The van der Waals surface area contributed by atoms with Crippen LogP contribution < -0.4 is 10.6 Å². The smallest absolute Gasteiger partial charge is 0.191 e. The van der Waals surface area contributed by atoms with Crippen molar-refractivity contribution >= 4 is 29.9 Å². The lowest BCUT2D eigenvalue weighted by Crippen LogP contribution is -2.41. The number of nitrogens with zero attached hydrogens (tertiary/aromatic N) is 1. The maximum atomic E-state index is 13.5. The molecule has 2 N–H and O–H groups in total. The van der Waals surface area contributed by atoms with Gasteiger partial charge < -0.3 is 15.4 Å². The minimum atomic E-state index is -0.459. The third kappa shape index (κ3) is 6.04. The largest absolute Gasteiger partial charge is 0.376 e. The van der Waals surface area contributed by atoms with Crippen molar-refractivity contribution in [1.82, 2.24) is 10.6 Å². The lowest BCUT2D eigenvalue weighted by Gasteiger charge is -2.14. The molecule has 1 unspecified atom stereocenters. The highest BCUT2D eigenvalue weighted by molar-refractivity contribution is 14.0. The summed E-state index contributed by atoms with van der Waals surface area (Å²) in [6, 6.07) is 3.39. The number of aliphatic imine (C=N–C) groups is 1. The minimum Gasteiger partial charge on any atom is -0.376 e. The van der Waals surface area contributed by atoms with Gasteiger partial charge >= 0.3 is 0 Å². The number of hydrogen-bond acceptors (Lipinski definition) is 2. The number of guanidine groups is 1. The maximum absolute atomic E-state index is 13.5. The van der Waals surface area contributed by atoms with E-state index in [9.17, 15) is 8.78 Å². The van der Waals surface area contributed by atoms with Crippen molar-refractivity contribution in [1.29, 1.82) is 0 Å². The van der Waals surface area contributed by atoms with E-state index in [-0.39, 0.29) is 42.2 Å². The van der Waals surface area contributed by atoms with Crippen LogP contribution in [0.3, 0.4) is 0 Å². The second-order valence-electron chi connectivity index (χ2n) is 4.95. The van der Waals surface area contributed by atoms with Crippen molar-refractivity contribution in [3.8, 4) is 0 Å². The van der Waals surface area contributed by atoms with Gasteiger partial charge in [0, 0.05) is 25.3 Å². The van der Waals surface area contributed by atoms with Gasteiger partial charge in [-0.1, -0.05) is 0 Å². The van der Waals surface area contributed by atoms with Crippen LogP contribution in [0.5, 0.6) is 0 Å². The first-order valence-corrected chi connectivity index (χ1v) is 7.26. The van der Waals surface area contributed by atoms with E-state index in [4.69, 9.17) is 4.74 Å². The van der Waals surface area contributed by atoms with Crippen molar-refractivity contribution in [2.24, 2.45) is 4.99 Å². The lowest BCUT2D eigenvalue weighted by molar-refractivity contribution is 0.114. The van der Waals surface area contributed by atoms with E-state index in [1.165, 1.54) is 6.07 Å². The van der Waals surface area contributed by atoms with Gasteiger partial charge in [0.2, 0.25) is 0 Å². The molecule has 0 saturated carbocycles. The zero-order chi connectivity index (χ0) is 15.1. The number of hydrogen-bond donors (Lipinski definition) is 2. The molecule has 0 aromatic heterocycles. The van der Waals surface area contributed by atoms with Gasteiger partial charge in [-0.15, -0.1) is 24.0 Å². The molecule has 4 nitrogen and oxygen atoms in total. The Labute approximate surface area is 146 Å². The van der Waals surface area contributed by atoms with Crippen molar-refractivity contribution < 1.29 is 13.5 Å². The van der Waals surface area contributed by atoms with Gasteiger partial charge in [-0.2, -0.15) is 0 Å². The van der Waals surface area contributed by atoms with E-state index in [1.54, 1.807) is 0 Å². The predicted octanol–water partition coefficient (Wildman–Crippen LogP) is 2.82. The van der Waals surface area contributed by atoms with Gasteiger partial charge in [-0.25, -0.2) is 13.8 Å². The molecule has 22 heavy (non-hydrogen) atoms. The molecule has 0 aliphatic carbocycles. The molecular formula is C15H22F2IN3O. The summed E-state index contributed by atoms with van der Waals surface area (Å²) < 4.78 is 32.2. The Morgan fingerprint density at radius 1 is 1.36 bits per heavy atom. The third-order valence-electron chi connectivity index (χ3n) is 3.28. The molecule has 0 radical (unpaired) electrons. The fourth-order valence-corrected chi connectivity index (χ4v) is 2.19. The Balaban J connectivity index is 0.00000242. The minimum absolute atomic E-state index is 0. The van der Waals surface area contributed by atoms with Crippen LogP contribution in [0, 0.1) is 11.6 Å². The maximum Gasteiger partial charge on any atom is 0.191 e. The van der Waals surface area contributed by atoms with Gasteiger partial charge in [-0.3, -0.25) is 0 Å². The predicted molar refractivity (Wildman–Crippen MR) is 93.6 cm³/mol. The van der Waals surface area contributed by atoms with Crippen LogP contribution in [0.4, 0.5) is 8.78 Å². The highest BCUT2D eigenvalue weighted by Crippen LogP contribution is 2.11. The summed E-state index contributed by atoms with van der Waals surface area (Å²) in [6.07, 6.45) is 2.30. The van der Waals surface area contributed by atoms with Crippen molar-refractivity contribution in [3.63, 3.8) is 0 Å². The first kappa shape index (κ1) is 19.1. The van der Waals surface area contributed by atoms with E-state index < -0.39 is 11.6 Å². The summed E-state index contributed by atoms with van der Waals surface area (Å²) in [5, 5.41) is 6.24. The molecule has 0 amide bonds. The van der Waals surface area contributed by atoms with Crippen LogP contribution in [0.2, 0.25) is 0 Å². The molecule has 124 valence electrons. The standard InChI is InChI=1S/C15H21F2N3O.HI/c1-2-18-15(20-10-13-4-3-7-21-13)19-9-11-8-12(16)5-6-14(11)17;/h5-6,8,13H,2-4,7,9-10H2,1H3,(H2,18,19,20);1H. The van der Waals surface area contributed by atoms with Crippen LogP contribution in [-0.4, -0.2) is 31.8 Å². The number of benzene rings is 1. The van der Waals surface area contributed by atoms with Crippen LogP contribution >= 0.6 is 24.0 Å². The summed E-state index contributed by atoms with van der Waals surface area (Å²) in [7, 11) is 0. The highest BCUT2D eigenvalue weighted by atomic mass is 127. The van der Waals surface area contributed by atoms with Crippen LogP contribution in [-0.2, 0) is 11.3 Å². The molecule has 1 saturated heterocycles. The normalized spacial score (nSPS) is 18.0. The molecule has 1 fully saturated rings. The summed E-state index contributed by atoms with van der Waals surface area (Å²) in [5.41, 5.74) is 0.240.